The van der Waals surface area contributed by atoms with Crippen LogP contribution in [0.4, 0.5) is 10.6 Å². The van der Waals surface area contributed by atoms with Gasteiger partial charge in [-0.15, -0.1) is 0 Å². The Morgan fingerprint density at radius 1 is 1.17 bits per heavy atom. The van der Waals surface area contributed by atoms with E-state index in [4.69, 9.17) is 4.74 Å². The Hall–Kier alpha value is -2.79. The van der Waals surface area contributed by atoms with Crippen LogP contribution >= 0.6 is 0 Å². The zero-order valence-corrected chi connectivity index (χ0v) is 16.6. The summed E-state index contributed by atoms with van der Waals surface area (Å²) in [5, 5.41) is 15.2. The molecular weight excluding hydrogens is 390 g/mol. The van der Waals surface area contributed by atoms with Crippen LogP contribution in [-0.4, -0.2) is 75.0 Å². The van der Waals surface area contributed by atoms with Gasteiger partial charge in [-0.25, -0.2) is 19.7 Å². The van der Waals surface area contributed by atoms with E-state index in [9.17, 15) is 14.7 Å². The maximum absolute atomic E-state index is 12.4. The fourth-order valence-electron chi connectivity index (χ4n) is 4.80. The summed E-state index contributed by atoms with van der Waals surface area (Å²) < 4.78 is 7.43. The molecule has 0 bridgehead atoms. The molecule has 11 heteroatoms. The van der Waals surface area contributed by atoms with Crippen molar-refractivity contribution >= 4 is 28.9 Å². The van der Waals surface area contributed by atoms with Gasteiger partial charge in [-0.1, -0.05) is 0 Å². The SMILES string of the molecule is O=C1NC(=O)C2(CCCN(c3ncnc4c3ncn4CC3(CO)CCOCC3)C2)N1. The van der Waals surface area contributed by atoms with Crippen molar-refractivity contribution in [2.24, 2.45) is 5.41 Å². The molecule has 3 aliphatic rings. The lowest BCUT2D eigenvalue weighted by molar-refractivity contribution is -0.124. The highest BCUT2D eigenvalue weighted by atomic mass is 16.5. The number of amides is 3. The fourth-order valence-corrected chi connectivity index (χ4v) is 4.80. The number of ether oxygens (including phenoxy) is 1. The predicted molar refractivity (Wildman–Crippen MR) is 106 cm³/mol. The molecule has 2 aromatic rings. The van der Waals surface area contributed by atoms with Crippen LogP contribution < -0.4 is 15.5 Å². The van der Waals surface area contributed by atoms with Crippen molar-refractivity contribution in [2.45, 2.75) is 37.8 Å². The maximum atomic E-state index is 12.4. The Bertz CT molecular complexity index is 986. The lowest BCUT2D eigenvalue weighted by Crippen LogP contribution is -2.58. The molecule has 0 aromatic carbocycles. The Kier molecular flexibility index (Phi) is 4.58. The number of anilines is 1. The number of fused-ring (bicyclic) bond motifs is 1. The average molecular weight is 415 g/mol. The third kappa shape index (κ3) is 3.08. The minimum Gasteiger partial charge on any atom is -0.396 e. The number of hydrogen-bond donors (Lipinski definition) is 3. The zero-order chi connectivity index (χ0) is 20.8. The fraction of sp³-hybridized carbons (Fsp3) is 0.632. The molecule has 30 heavy (non-hydrogen) atoms. The Morgan fingerprint density at radius 3 is 2.73 bits per heavy atom. The third-order valence-corrected chi connectivity index (χ3v) is 6.58. The molecule has 0 radical (unpaired) electrons. The van der Waals surface area contributed by atoms with Crippen LogP contribution in [0.1, 0.15) is 25.7 Å². The van der Waals surface area contributed by atoms with E-state index in [1.165, 1.54) is 6.33 Å². The van der Waals surface area contributed by atoms with Gasteiger partial charge in [-0.2, -0.15) is 0 Å². The minimum absolute atomic E-state index is 0.0808. The monoisotopic (exact) mass is 415 g/mol. The van der Waals surface area contributed by atoms with Crippen molar-refractivity contribution in [3.63, 3.8) is 0 Å². The first kappa shape index (κ1) is 19.2. The molecule has 5 rings (SSSR count). The van der Waals surface area contributed by atoms with Crippen molar-refractivity contribution in [3.8, 4) is 0 Å². The van der Waals surface area contributed by atoms with Crippen LogP contribution in [0.2, 0.25) is 0 Å². The number of hydrogen-bond acceptors (Lipinski definition) is 8. The van der Waals surface area contributed by atoms with E-state index in [-0.39, 0.29) is 17.9 Å². The molecule has 5 heterocycles. The van der Waals surface area contributed by atoms with Gasteiger partial charge in [-0.3, -0.25) is 10.1 Å². The van der Waals surface area contributed by atoms with Gasteiger partial charge in [0.05, 0.1) is 19.5 Å². The lowest BCUT2D eigenvalue weighted by atomic mass is 9.81. The first-order valence-electron chi connectivity index (χ1n) is 10.3. The van der Waals surface area contributed by atoms with Crippen LogP contribution in [0, 0.1) is 5.41 Å². The molecule has 1 unspecified atom stereocenters. The molecule has 1 atom stereocenters. The number of imide groups is 1. The van der Waals surface area contributed by atoms with E-state index in [0.717, 1.165) is 19.3 Å². The number of aliphatic hydroxyl groups excluding tert-OH is 1. The first-order valence-corrected chi connectivity index (χ1v) is 10.3. The van der Waals surface area contributed by atoms with Crippen molar-refractivity contribution in [2.75, 3.05) is 37.8 Å². The minimum atomic E-state index is -0.932. The number of carbonyl (C=O) groups is 2. The summed E-state index contributed by atoms with van der Waals surface area (Å²) in [7, 11) is 0. The highest BCUT2D eigenvalue weighted by Gasteiger charge is 2.49. The standard InChI is InChI=1S/C19H25N7O4/c27-10-18(3-6-30-7-4-18)8-26-12-22-13-14(20-11-21-15(13)26)25-5-1-2-19(9-25)16(28)23-17(29)24-19/h11-12,27H,1-10H2,(H2,23,24,28,29). The van der Waals surface area contributed by atoms with E-state index in [0.29, 0.717) is 56.3 Å². The second kappa shape index (κ2) is 7.17. The number of aromatic nitrogens is 4. The van der Waals surface area contributed by atoms with Gasteiger partial charge in [0.1, 0.15) is 11.9 Å². The van der Waals surface area contributed by atoms with Crippen molar-refractivity contribution in [1.82, 2.24) is 30.2 Å². The number of carbonyl (C=O) groups excluding carboxylic acids is 2. The molecule has 2 aromatic heterocycles. The molecule has 11 nitrogen and oxygen atoms in total. The largest absolute Gasteiger partial charge is 0.396 e. The quantitative estimate of drug-likeness (QED) is 0.584. The molecule has 3 N–H and O–H groups in total. The molecule has 3 aliphatic heterocycles. The second-order valence-electron chi connectivity index (χ2n) is 8.53. The summed E-state index contributed by atoms with van der Waals surface area (Å²) in [5.74, 6) is 0.356. The molecule has 160 valence electrons. The van der Waals surface area contributed by atoms with E-state index < -0.39 is 11.6 Å². The van der Waals surface area contributed by atoms with Gasteiger partial charge in [0.25, 0.3) is 5.91 Å². The molecule has 0 aliphatic carbocycles. The first-order chi connectivity index (χ1) is 14.5. The molecular formula is C19H25N7O4. The van der Waals surface area contributed by atoms with E-state index in [2.05, 4.69) is 25.6 Å². The van der Waals surface area contributed by atoms with Crippen LogP contribution in [0.3, 0.4) is 0 Å². The van der Waals surface area contributed by atoms with Crippen LogP contribution in [0.5, 0.6) is 0 Å². The topological polar surface area (TPSA) is 134 Å². The van der Waals surface area contributed by atoms with Crippen LogP contribution in [-0.2, 0) is 16.1 Å². The highest BCUT2D eigenvalue weighted by Crippen LogP contribution is 2.34. The third-order valence-electron chi connectivity index (χ3n) is 6.58. The van der Waals surface area contributed by atoms with Gasteiger partial charge in [-0.05, 0) is 25.7 Å². The summed E-state index contributed by atoms with van der Waals surface area (Å²) in [4.78, 5) is 39.5. The summed E-state index contributed by atoms with van der Waals surface area (Å²) >= 11 is 0. The summed E-state index contributed by atoms with van der Waals surface area (Å²) in [5.41, 5.74) is 0.162. The van der Waals surface area contributed by atoms with E-state index in [1.54, 1.807) is 6.33 Å². The van der Waals surface area contributed by atoms with Crippen molar-refractivity contribution < 1.29 is 19.4 Å². The average Bonchev–Trinajstić information content (AvgIpc) is 3.28. The lowest BCUT2D eigenvalue weighted by Gasteiger charge is -2.38. The van der Waals surface area contributed by atoms with E-state index >= 15 is 0 Å². The number of imidazole rings is 1. The molecule has 3 fully saturated rings. The highest BCUT2D eigenvalue weighted by molar-refractivity contribution is 6.07. The molecule has 0 saturated carbocycles. The van der Waals surface area contributed by atoms with Gasteiger partial charge in [0, 0.05) is 31.7 Å². The molecule has 3 amide bonds. The Labute approximate surface area is 172 Å². The summed E-state index contributed by atoms with van der Waals surface area (Å²) in [6, 6.07) is -0.454. The van der Waals surface area contributed by atoms with Gasteiger partial charge >= 0.3 is 6.03 Å². The van der Waals surface area contributed by atoms with E-state index in [1.807, 2.05) is 9.47 Å². The number of nitrogens with zero attached hydrogens (tertiary/aromatic N) is 5. The normalized spacial score (nSPS) is 26.2. The molecule has 1 spiro atoms. The molecule has 3 saturated heterocycles. The number of rotatable bonds is 4. The summed E-state index contributed by atoms with van der Waals surface area (Å²) in [6.07, 6.45) is 6.13. The predicted octanol–water partition coefficient (Wildman–Crippen LogP) is -0.206. The Morgan fingerprint density at radius 2 is 2.00 bits per heavy atom. The van der Waals surface area contributed by atoms with Gasteiger partial charge < -0.3 is 24.6 Å². The van der Waals surface area contributed by atoms with Crippen LogP contribution in [0.25, 0.3) is 11.2 Å². The number of aliphatic hydroxyl groups is 1. The second-order valence-corrected chi connectivity index (χ2v) is 8.53. The number of piperidine rings is 1. The van der Waals surface area contributed by atoms with Gasteiger partial charge in [0.15, 0.2) is 17.0 Å². The number of nitrogens with one attached hydrogen (secondary N) is 2. The maximum Gasteiger partial charge on any atom is 0.322 e. The Balaban J connectivity index is 1.45. The summed E-state index contributed by atoms with van der Waals surface area (Å²) in [6.45, 7) is 3.00. The smallest absolute Gasteiger partial charge is 0.322 e. The van der Waals surface area contributed by atoms with Crippen molar-refractivity contribution in [3.05, 3.63) is 12.7 Å². The van der Waals surface area contributed by atoms with Gasteiger partial charge in [0.2, 0.25) is 0 Å². The van der Waals surface area contributed by atoms with Crippen LogP contribution in [0.15, 0.2) is 12.7 Å². The zero-order valence-electron chi connectivity index (χ0n) is 16.6. The van der Waals surface area contributed by atoms with Crippen molar-refractivity contribution in [1.29, 1.82) is 0 Å². The number of urea groups is 1.